The van der Waals surface area contributed by atoms with Gasteiger partial charge in [0.05, 0.1) is 4.92 Å². The molecule has 0 spiro atoms. The van der Waals surface area contributed by atoms with E-state index in [1.165, 1.54) is 6.33 Å². The highest BCUT2D eigenvalue weighted by Gasteiger charge is 2.23. The van der Waals surface area contributed by atoms with Crippen molar-refractivity contribution in [1.29, 1.82) is 0 Å². The van der Waals surface area contributed by atoms with Crippen molar-refractivity contribution in [3.05, 3.63) is 71.0 Å². The summed E-state index contributed by atoms with van der Waals surface area (Å²) in [5, 5.41) is 17.6. The second-order valence-corrected chi connectivity index (χ2v) is 6.19. The number of nitro groups is 1. The molecule has 3 aromatic rings. The van der Waals surface area contributed by atoms with Crippen LogP contribution in [0.25, 0.3) is 0 Å². The van der Waals surface area contributed by atoms with Crippen molar-refractivity contribution in [2.75, 3.05) is 10.6 Å². The summed E-state index contributed by atoms with van der Waals surface area (Å²) in [7, 11) is 0. The highest BCUT2D eigenvalue weighted by molar-refractivity contribution is 5.74. The smallest absolute Gasteiger partial charge is 0.353 e. The van der Waals surface area contributed by atoms with E-state index in [1.54, 1.807) is 24.3 Å². The minimum atomic E-state index is -0.486. The third kappa shape index (κ3) is 4.73. The SMILES string of the molecule is CCC(C)Nc1ncnc(Nc2ccc(Oc3ccccc3)cc2)c1[N+](=O)[O-]. The highest BCUT2D eigenvalue weighted by Crippen LogP contribution is 2.32. The van der Waals surface area contributed by atoms with Crippen LogP contribution in [-0.2, 0) is 0 Å². The van der Waals surface area contributed by atoms with Crippen molar-refractivity contribution in [1.82, 2.24) is 9.97 Å². The van der Waals surface area contributed by atoms with Crippen LogP contribution in [0.4, 0.5) is 23.0 Å². The van der Waals surface area contributed by atoms with Crippen LogP contribution in [0.2, 0.25) is 0 Å². The average molecular weight is 379 g/mol. The molecule has 1 atom stereocenters. The molecule has 0 amide bonds. The predicted octanol–water partition coefficient (Wildman–Crippen LogP) is 5.13. The lowest BCUT2D eigenvalue weighted by Crippen LogP contribution is -2.16. The number of nitrogens with zero attached hydrogens (tertiary/aromatic N) is 3. The number of para-hydroxylation sites is 1. The second kappa shape index (κ2) is 8.81. The van der Waals surface area contributed by atoms with Crippen molar-refractivity contribution < 1.29 is 9.66 Å². The number of anilines is 3. The van der Waals surface area contributed by atoms with Gasteiger partial charge in [-0.15, -0.1) is 0 Å². The summed E-state index contributed by atoms with van der Waals surface area (Å²) < 4.78 is 5.75. The number of nitrogens with one attached hydrogen (secondary N) is 2. The Balaban J connectivity index is 1.79. The molecule has 0 saturated carbocycles. The second-order valence-electron chi connectivity index (χ2n) is 6.19. The summed E-state index contributed by atoms with van der Waals surface area (Å²) >= 11 is 0. The molecular weight excluding hydrogens is 358 g/mol. The first kappa shape index (κ1) is 19.1. The number of ether oxygens (including phenoxy) is 1. The van der Waals surface area contributed by atoms with Crippen molar-refractivity contribution in [3.8, 4) is 11.5 Å². The minimum Gasteiger partial charge on any atom is -0.457 e. The van der Waals surface area contributed by atoms with Crippen LogP contribution in [0, 0.1) is 10.1 Å². The lowest BCUT2D eigenvalue weighted by atomic mass is 10.2. The molecule has 8 heteroatoms. The quantitative estimate of drug-likeness (QED) is 0.413. The van der Waals surface area contributed by atoms with Crippen LogP contribution in [0.3, 0.4) is 0 Å². The highest BCUT2D eigenvalue weighted by atomic mass is 16.6. The molecule has 0 aliphatic rings. The van der Waals surface area contributed by atoms with E-state index in [0.717, 1.165) is 12.2 Å². The normalized spacial score (nSPS) is 11.5. The van der Waals surface area contributed by atoms with E-state index in [-0.39, 0.29) is 23.4 Å². The summed E-state index contributed by atoms with van der Waals surface area (Å²) in [5.41, 5.74) is 0.462. The fourth-order valence-corrected chi connectivity index (χ4v) is 2.45. The number of hydrogen-bond donors (Lipinski definition) is 2. The van der Waals surface area contributed by atoms with Crippen molar-refractivity contribution in [2.45, 2.75) is 26.3 Å². The number of benzene rings is 2. The van der Waals surface area contributed by atoms with Gasteiger partial charge in [-0.3, -0.25) is 10.1 Å². The van der Waals surface area contributed by atoms with Gasteiger partial charge in [-0.25, -0.2) is 9.97 Å². The molecule has 144 valence electrons. The third-order valence-electron chi connectivity index (χ3n) is 4.10. The third-order valence-corrected chi connectivity index (χ3v) is 4.10. The Morgan fingerprint density at radius 3 is 2.32 bits per heavy atom. The van der Waals surface area contributed by atoms with Crippen LogP contribution in [0.1, 0.15) is 20.3 Å². The van der Waals surface area contributed by atoms with Crippen LogP contribution in [-0.4, -0.2) is 20.9 Å². The molecule has 0 fully saturated rings. The van der Waals surface area contributed by atoms with E-state index < -0.39 is 4.92 Å². The van der Waals surface area contributed by atoms with Crippen LogP contribution < -0.4 is 15.4 Å². The molecule has 0 bridgehead atoms. The van der Waals surface area contributed by atoms with Gasteiger partial charge in [0.15, 0.2) is 0 Å². The zero-order valence-electron chi connectivity index (χ0n) is 15.6. The van der Waals surface area contributed by atoms with Gasteiger partial charge in [0.1, 0.15) is 17.8 Å². The molecule has 1 unspecified atom stereocenters. The standard InChI is InChI=1S/C20H21N5O3/c1-3-14(2)23-19-18(25(26)27)20(22-13-21-19)24-15-9-11-17(12-10-15)28-16-7-5-4-6-8-16/h4-14H,3H2,1-2H3,(H2,21,22,23,24). The van der Waals surface area contributed by atoms with Gasteiger partial charge in [-0.2, -0.15) is 0 Å². The molecule has 0 radical (unpaired) electrons. The maximum atomic E-state index is 11.6. The van der Waals surface area contributed by atoms with Gasteiger partial charge >= 0.3 is 5.69 Å². The Morgan fingerprint density at radius 1 is 1.04 bits per heavy atom. The summed E-state index contributed by atoms with van der Waals surface area (Å²) in [6.45, 7) is 3.92. The summed E-state index contributed by atoms with van der Waals surface area (Å²) in [4.78, 5) is 19.2. The monoisotopic (exact) mass is 379 g/mol. The maximum Gasteiger partial charge on any atom is 0.353 e. The molecule has 0 aliphatic heterocycles. The van der Waals surface area contributed by atoms with Crippen molar-refractivity contribution >= 4 is 23.0 Å². The molecule has 28 heavy (non-hydrogen) atoms. The van der Waals surface area contributed by atoms with Gasteiger partial charge in [0, 0.05) is 11.7 Å². The van der Waals surface area contributed by atoms with Gasteiger partial charge in [-0.05, 0) is 49.7 Å². The Morgan fingerprint density at radius 2 is 1.68 bits per heavy atom. The molecule has 2 aromatic carbocycles. The first-order valence-corrected chi connectivity index (χ1v) is 8.92. The predicted molar refractivity (Wildman–Crippen MR) is 108 cm³/mol. The van der Waals surface area contributed by atoms with Gasteiger partial charge in [-0.1, -0.05) is 25.1 Å². The Hall–Kier alpha value is -3.68. The van der Waals surface area contributed by atoms with Gasteiger partial charge in [0.2, 0.25) is 11.6 Å². The fraction of sp³-hybridized carbons (Fsp3) is 0.200. The molecular formula is C20H21N5O3. The molecule has 1 heterocycles. The average Bonchev–Trinajstić information content (AvgIpc) is 2.70. The van der Waals surface area contributed by atoms with Gasteiger partial charge < -0.3 is 15.4 Å². The topological polar surface area (TPSA) is 102 Å². The van der Waals surface area contributed by atoms with Crippen LogP contribution in [0.5, 0.6) is 11.5 Å². The Bertz CT molecular complexity index is 932. The summed E-state index contributed by atoms with van der Waals surface area (Å²) in [6, 6.07) is 16.6. The lowest BCUT2D eigenvalue weighted by molar-refractivity contribution is -0.383. The largest absolute Gasteiger partial charge is 0.457 e. The molecule has 0 saturated heterocycles. The molecule has 8 nitrogen and oxygen atoms in total. The zero-order chi connectivity index (χ0) is 19.9. The van der Waals surface area contributed by atoms with E-state index in [4.69, 9.17) is 4.74 Å². The maximum absolute atomic E-state index is 11.6. The number of hydrogen-bond acceptors (Lipinski definition) is 7. The fourth-order valence-electron chi connectivity index (χ4n) is 2.45. The first-order valence-electron chi connectivity index (χ1n) is 8.92. The van der Waals surface area contributed by atoms with E-state index in [0.29, 0.717) is 11.4 Å². The zero-order valence-corrected chi connectivity index (χ0v) is 15.6. The van der Waals surface area contributed by atoms with Crippen molar-refractivity contribution in [2.24, 2.45) is 0 Å². The van der Waals surface area contributed by atoms with E-state index >= 15 is 0 Å². The number of rotatable bonds is 8. The van der Waals surface area contributed by atoms with Crippen LogP contribution in [0.15, 0.2) is 60.9 Å². The molecule has 3 rings (SSSR count). The first-order chi connectivity index (χ1) is 13.6. The Labute approximate surface area is 162 Å². The van der Waals surface area contributed by atoms with Gasteiger partial charge in [0.25, 0.3) is 0 Å². The minimum absolute atomic E-state index is 0.0517. The molecule has 1 aromatic heterocycles. The summed E-state index contributed by atoms with van der Waals surface area (Å²) in [5.74, 6) is 1.71. The molecule has 0 aliphatic carbocycles. The summed E-state index contributed by atoms with van der Waals surface area (Å²) in [6.07, 6.45) is 2.11. The van der Waals surface area contributed by atoms with Crippen molar-refractivity contribution in [3.63, 3.8) is 0 Å². The molecule has 2 N–H and O–H groups in total. The number of aromatic nitrogens is 2. The van der Waals surface area contributed by atoms with E-state index in [2.05, 4.69) is 20.6 Å². The van der Waals surface area contributed by atoms with Crippen LogP contribution >= 0.6 is 0 Å². The van der Waals surface area contributed by atoms with E-state index in [9.17, 15) is 10.1 Å². The van der Waals surface area contributed by atoms with E-state index in [1.807, 2.05) is 44.2 Å². The Kier molecular flexibility index (Phi) is 6.01. The lowest BCUT2D eigenvalue weighted by Gasteiger charge is -2.14.